The number of benzene rings is 1. The van der Waals surface area contributed by atoms with Crippen molar-refractivity contribution in [1.82, 2.24) is 24.6 Å². The molecule has 0 unspecified atom stereocenters. The molecule has 0 radical (unpaired) electrons. The molecule has 3 aromatic rings. The number of carbonyl (C=O) groups excluding carboxylic acids is 2. The molecule has 10 nitrogen and oxygen atoms in total. The van der Waals surface area contributed by atoms with Crippen molar-refractivity contribution in [2.75, 3.05) is 51.9 Å². The number of ether oxygens (including phenoxy) is 2. The van der Waals surface area contributed by atoms with E-state index in [4.69, 9.17) is 14.6 Å². The number of hydrogen-bond donors (Lipinski definition) is 1. The number of anilines is 1. The van der Waals surface area contributed by atoms with E-state index in [1.165, 1.54) is 11.3 Å². The number of thiazole rings is 1. The summed E-state index contributed by atoms with van der Waals surface area (Å²) < 4.78 is 13.7. The first kappa shape index (κ1) is 24.8. The van der Waals surface area contributed by atoms with E-state index in [-0.39, 0.29) is 23.9 Å². The van der Waals surface area contributed by atoms with Crippen molar-refractivity contribution in [2.24, 2.45) is 0 Å². The maximum Gasteiger partial charge on any atom is 0.276 e. The second kappa shape index (κ2) is 9.89. The highest BCUT2D eigenvalue weighted by molar-refractivity contribution is 7.22. The Morgan fingerprint density at radius 3 is 2.53 bits per heavy atom. The van der Waals surface area contributed by atoms with Gasteiger partial charge in [0.15, 0.2) is 16.5 Å². The Kier molecular flexibility index (Phi) is 6.82. The number of rotatable bonds is 5. The first-order valence-electron chi connectivity index (χ1n) is 12.2. The monoisotopic (exact) mass is 512 g/mol. The van der Waals surface area contributed by atoms with Crippen molar-refractivity contribution in [3.8, 4) is 0 Å². The summed E-state index contributed by atoms with van der Waals surface area (Å²) >= 11 is 1.27. The van der Waals surface area contributed by atoms with E-state index < -0.39 is 5.54 Å². The number of morpholine rings is 1. The molecule has 2 atom stereocenters. The lowest BCUT2D eigenvalue weighted by Gasteiger charge is -2.37. The Balaban J connectivity index is 1.44. The molecule has 2 saturated heterocycles. The molecule has 2 aliphatic rings. The number of aromatic nitrogens is 3. The van der Waals surface area contributed by atoms with Gasteiger partial charge in [-0.2, -0.15) is 10.1 Å². The van der Waals surface area contributed by atoms with Crippen molar-refractivity contribution in [3.63, 3.8) is 0 Å². The van der Waals surface area contributed by atoms with Crippen LogP contribution in [-0.2, 0) is 15.0 Å². The van der Waals surface area contributed by atoms with Gasteiger partial charge in [0.1, 0.15) is 4.70 Å². The fraction of sp³-hybridized carbons (Fsp3) is 0.520. The molecule has 4 heterocycles. The molecule has 5 rings (SSSR count). The van der Waals surface area contributed by atoms with Gasteiger partial charge >= 0.3 is 0 Å². The smallest absolute Gasteiger partial charge is 0.276 e. The molecular formula is C25H32N6O4S. The summed E-state index contributed by atoms with van der Waals surface area (Å²) in [5, 5.41) is 8.02. The summed E-state index contributed by atoms with van der Waals surface area (Å²) in [6.07, 6.45) is 0. The minimum Gasteiger partial charge on any atom is -0.379 e. The van der Waals surface area contributed by atoms with Crippen LogP contribution in [0.5, 0.6) is 0 Å². The second-order valence-corrected chi connectivity index (χ2v) is 11.2. The van der Waals surface area contributed by atoms with E-state index in [2.05, 4.69) is 15.2 Å². The van der Waals surface area contributed by atoms with Crippen LogP contribution < -0.4 is 5.32 Å². The Morgan fingerprint density at radius 2 is 1.83 bits per heavy atom. The molecule has 36 heavy (non-hydrogen) atoms. The van der Waals surface area contributed by atoms with Crippen molar-refractivity contribution in [3.05, 3.63) is 41.6 Å². The molecule has 2 fully saturated rings. The molecule has 0 saturated carbocycles. The average Bonchev–Trinajstić information content (AvgIpc) is 3.59. The quantitative estimate of drug-likeness (QED) is 0.561. The third-order valence-electron chi connectivity index (χ3n) is 6.67. The molecule has 0 spiro atoms. The molecule has 1 aromatic carbocycles. The number of amides is 2. The van der Waals surface area contributed by atoms with Gasteiger partial charge in [-0.15, -0.1) is 0 Å². The molecule has 2 aromatic heterocycles. The van der Waals surface area contributed by atoms with Gasteiger partial charge in [-0.05, 0) is 32.9 Å². The van der Waals surface area contributed by atoms with E-state index in [0.29, 0.717) is 53.2 Å². The number of hydrogen-bond acceptors (Lipinski definition) is 8. The topological polar surface area (TPSA) is 102 Å². The number of likely N-dealkylation sites (N-methyl/N-ethyl adjacent to an activating group) is 1. The molecule has 11 heteroatoms. The van der Waals surface area contributed by atoms with Crippen LogP contribution in [0.1, 0.15) is 41.6 Å². The Morgan fingerprint density at radius 1 is 1.11 bits per heavy atom. The summed E-state index contributed by atoms with van der Waals surface area (Å²) in [5.74, 6) is -0.426. The van der Waals surface area contributed by atoms with Crippen LogP contribution in [0.2, 0.25) is 0 Å². The standard InChI is InChI=1S/C25H32N6O4S/c1-25(2,3)31-21-20(36-24(26-21)27-22(32)16-8-6-5-7-9-16)19(28-31)23(33)29(4)17-14-35-15-18(17)30-10-12-34-13-11-30/h5-9,17-18H,10-15H2,1-4H3,(H,26,27,32)/t17-,18-/m1/s1. The average molecular weight is 513 g/mol. The largest absolute Gasteiger partial charge is 0.379 e. The second-order valence-electron chi connectivity index (χ2n) is 10.2. The van der Waals surface area contributed by atoms with Crippen molar-refractivity contribution >= 4 is 38.6 Å². The lowest BCUT2D eigenvalue weighted by molar-refractivity contribution is 0.00362. The fourth-order valence-corrected chi connectivity index (χ4v) is 5.62. The molecule has 2 aliphatic heterocycles. The van der Waals surface area contributed by atoms with Gasteiger partial charge in [0, 0.05) is 25.7 Å². The van der Waals surface area contributed by atoms with E-state index >= 15 is 0 Å². The van der Waals surface area contributed by atoms with Crippen molar-refractivity contribution in [2.45, 2.75) is 38.4 Å². The minimum absolute atomic E-state index is 0.0874. The highest BCUT2D eigenvalue weighted by Crippen LogP contribution is 2.33. The lowest BCUT2D eigenvalue weighted by atomic mass is 10.1. The SMILES string of the molecule is CN(C(=O)c1nn(C(C)(C)C)c2nc(NC(=O)c3ccccc3)sc12)[C@@H]1COC[C@H]1N1CCOCC1. The van der Waals surface area contributed by atoms with Crippen LogP contribution in [-0.4, -0.2) is 95.0 Å². The van der Waals surface area contributed by atoms with Gasteiger partial charge in [-0.3, -0.25) is 19.8 Å². The summed E-state index contributed by atoms with van der Waals surface area (Å²) in [7, 11) is 1.82. The van der Waals surface area contributed by atoms with Crippen LogP contribution in [0, 0.1) is 0 Å². The van der Waals surface area contributed by atoms with Crippen LogP contribution >= 0.6 is 11.3 Å². The highest BCUT2D eigenvalue weighted by Gasteiger charge is 2.40. The molecule has 2 amide bonds. The van der Waals surface area contributed by atoms with E-state index in [1.807, 2.05) is 46.0 Å². The Hall–Kier alpha value is -2.86. The predicted molar refractivity (Wildman–Crippen MR) is 138 cm³/mol. The predicted octanol–water partition coefficient (Wildman–Crippen LogP) is 2.67. The lowest BCUT2D eigenvalue weighted by Crippen LogP contribution is -2.54. The van der Waals surface area contributed by atoms with E-state index in [1.54, 1.807) is 21.7 Å². The Labute approximate surface area is 214 Å². The number of nitrogens with one attached hydrogen (secondary N) is 1. The first-order chi connectivity index (χ1) is 17.2. The van der Waals surface area contributed by atoms with Crippen LogP contribution in [0.15, 0.2) is 30.3 Å². The molecular weight excluding hydrogens is 480 g/mol. The zero-order valence-electron chi connectivity index (χ0n) is 21.1. The van der Waals surface area contributed by atoms with E-state index in [9.17, 15) is 9.59 Å². The van der Waals surface area contributed by atoms with Crippen LogP contribution in [0.4, 0.5) is 5.13 Å². The normalized spacial score (nSPS) is 21.1. The van der Waals surface area contributed by atoms with E-state index in [0.717, 1.165) is 13.1 Å². The van der Waals surface area contributed by atoms with Crippen molar-refractivity contribution < 1.29 is 19.1 Å². The highest BCUT2D eigenvalue weighted by atomic mass is 32.1. The zero-order valence-corrected chi connectivity index (χ0v) is 21.9. The van der Waals surface area contributed by atoms with Gasteiger partial charge in [-0.25, -0.2) is 4.68 Å². The summed E-state index contributed by atoms with van der Waals surface area (Å²) in [6.45, 7) is 10.1. The number of carbonyl (C=O) groups is 2. The summed E-state index contributed by atoms with van der Waals surface area (Å²) in [5.41, 5.74) is 1.06. The minimum atomic E-state index is -0.406. The fourth-order valence-electron chi connectivity index (χ4n) is 4.70. The van der Waals surface area contributed by atoms with Gasteiger partial charge in [-0.1, -0.05) is 29.5 Å². The van der Waals surface area contributed by atoms with Gasteiger partial charge in [0.2, 0.25) is 0 Å². The third-order valence-corrected chi connectivity index (χ3v) is 7.64. The Bertz CT molecular complexity index is 1240. The van der Waals surface area contributed by atoms with Gasteiger partial charge in [0.25, 0.3) is 11.8 Å². The van der Waals surface area contributed by atoms with Crippen LogP contribution in [0.25, 0.3) is 10.3 Å². The zero-order chi connectivity index (χ0) is 25.4. The first-order valence-corrected chi connectivity index (χ1v) is 13.0. The van der Waals surface area contributed by atoms with Crippen LogP contribution in [0.3, 0.4) is 0 Å². The maximum atomic E-state index is 13.8. The summed E-state index contributed by atoms with van der Waals surface area (Å²) in [4.78, 5) is 35.3. The maximum absolute atomic E-state index is 13.8. The summed E-state index contributed by atoms with van der Waals surface area (Å²) in [6, 6.07) is 9.01. The van der Waals surface area contributed by atoms with Gasteiger partial charge < -0.3 is 14.4 Å². The molecule has 192 valence electrons. The number of fused-ring (bicyclic) bond motifs is 1. The molecule has 1 N–H and O–H groups in total. The van der Waals surface area contributed by atoms with Crippen molar-refractivity contribution in [1.29, 1.82) is 0 Å². The molecule has 0 bridgehead atoms. The third kappa shape index (κ3) is 4.75. The number of nitrogens with zero attached hydrogens (tertiary/aromatic N) is 5. The van der Waals surface area contributed by atoms with Gasteiger partial charge in [0.05, 0.1) is 44.1 Å². The molecule has 0 aliphatic carbocycles.